The van der Waals surface area contributed by atoms with Crippen LogP contribution in [0.25, 0.3) is 0 Å². The molecule has 3 nitrogen and oxygen atoms in total. The summed E-state index contributed by atoms with van der Waals surface area (Å²) in [5.74, 6) is 1.28. The van der Waals surface area contributed by atoms with Crippen LogP contribution in [0.2, 0.25) is 0 Å². The van der Waals surface area contributed by atoms with Crippen LogP contribution in [0.5, 0.6) is 5.75 Å². The zero-order chi connectivity index (χ0) is 12.4. The van der Waals surface area contributed by atoms with E-state index in [-0.39, 0.29) is 11.9 Å². The highest BCUT2D eigenvalue weighted by Gasteiger charge is 2.37. The summed E-state index contributed by atoms with van der Waals surface area (Å²) in [6.07, 6.45) is 1.92. The lowest BCUT2D eigenvalue weighted by Gasteiger charge is -2.15. The van der Waals surface area contributed by atoms with Gasteiger partial charge in [-0.3, -0.25) is 4.79 Å². The summed E-state index contributed by atoms with van der Waals surface area (Å²) in [6, 6.07) is 5.53. The van der Waals surface area contributed by atoms with Gasteiger partial charge >= 0.3 is 0 Å². The second kappa shape index (κ2) is 4.88. The van der Waals surface area contributed by atoms with E-state index in [2.05, 4.69) is 0 Å². The highest BCUT2D eigenvalue weighted by molar-refractivity contribution is 6.01. The predicted octanol–water partition coefficient (Wildman–Crippen LogP) is 2.61. The van der Waals surface area contributed by atoms with Crippen LogP contribution in [-0.2, 0) is 4.74 Å². The smallest absolute Gasteiger partial charge is 0.192 e. The van der Waals surface area contributed by atoms with Crippen molar-refractivity contribution in [1.82, 2.24) is 0 Å². The van der Waals surface area contributed by atoms with E-state index in [1.807, 2.05) is 25.1 Å². The van der Waals surface area contributed by atoms with Gasteiger partial charge in [0.05, 0.1) is 7.11 Å². The Hall–Kier alpha value is -1.35. The van der Waals surface area contributed by atoms with E-state index in [1.54, 1.807) is 14.2 Å². The Balaban J connectivity index is 2.23. The second-order valence-electron chi connectivity index (χ2n) is 4.54. The van der Waals surface area contributed by atoms with Gasteiger partial charge in [0.2, 0.25) is 0 Å². The lowest BCUT2D eigenvalue weighted by Crippen LogP contribution is -2.25. The normalized spacial score (nSPS) is 16.6. The van der Waals surface area contributed by atoms with Gasteiger partial charge < -0.3 is 9.47 Å². The van der Waals surface area contributed by atoms with Crippen molar-refractivity contribution in [3.63, 3.8) is 0 Å². The Morgan fingerprint density at radius 1 is 1.35 bits per heavy atom. The van der Waals surface area contributed by atoms with Crippen LogP contribution >= 0.6 is 0 Å². The number of Topliss-reactive ketones (excluding diaryl/α,β-unsaturated/α-hetero) is 1. The first kappa shape index (κ1) is 12.1. The third kappa shape index (κ3) is 2.50. The van der Waals surface area contributed by atoms with E-state index in [4.69, 9.17) is 9.47 Å². The molecular formula is C14H18O3. The molecule has 0 aliphatic heterocycles. The maximum atomic E-state index is 12.3. The minimum absolute atomic E-state index is 0.0927. The van der Waals surface area contributed by atoms with Crippen LogP contribution in [-0.4, -0.2) is 26.1 Å². The maximum absolute atomic E-state index is 12.3. The van der Waals surface area contributed by atoms with E-state index < -0.39 is 0 Å². The Morgan fingerprint density at radius 3 is 2.53 bits per heavy atom. The maximum Gasteiger partial charge on any atom is 0.192 e. The summed E-state index contributed by atoms with van der Waals surface area (Å²) < 4.78 is 10.5. The molecule has 2 rings (SSSR count). The van der Waals surface area contributed by atoms with Crippen molar-refractivity contribution in [2.24, 2.45) is 5.92 Å². The molecule has 1 unspecified atom stereocenters. The number of carbonyl (C=O) groups excluding carboxylic acids is 1. The molecule has 0 bridgehead atoms. The minimum atomic E-state index is -0.276. The zero-order valence-corrected chi connectivity index (χ0v) is 10.5. The molecule has 1 fully saturated rings. The fourth-order valence-corrected chi connectivity index (χ4v) is 2.11. The van der Waals surface area contributed by atoms with Crippen LogP contribution in [0.1, 0.15) is 28.8 Å². The Labute approximate surface area is 102 Å². The van der Waals surface area contributed by atoms with Crippen molar-refractivity contribution in [3.05, 3.63) is 29.3 Å². The third-order valence-electron chi connectivity index (χ3n) is 3.26. The van der Waals surface area contributed by atoms with Gasteiger partial charge in [0.15, 0.2) is 5.78 Å². The van der Waals surface area contributed by atoms with Gasteiger partial charge in [-0.2, -0.15) is 0 Å². The quantitative estimate of drug-likeness (QED) is 0.735. The lowest BCUT2D eigenvalue weighted by molar-refractivity contribution is 0.0539. The summed E-state index contributed by atoms with van der Waals surface area (Å²) in [6.45, 7) is 1.93. The van der Waals surface area contributed by atoms with Gasteiger partial charge in [-0.15, -0.1) is 0 Å². The molecule has 92 valence electrons. The Kier molecular flexibility index (Phi) is 3.48. The molecule has 17 heavy (non-hydrogen) atoms. The molecule has 1 atom stereocenters. The molecule has 0 saturated heterocycles. The molecule has 0 heterocycles. The molecule has 1 aliphatic carbocycles. The number of rotatable bonds is 5. The summed E-state index contributed by atoms with van der Waals surface area (Å²) in [4.78, 5) is 12.3. The summed E-state index contributed by atoms with van der Waals surface area (Å²) in [5, 5.41) is 0. The van der Waals surface area contributed by atoms with E-state index in [0.717, 1.165) is 29.7 Å². The SMILES string of the molecule is COc1ccc(C(=O)C(OC)C2CC2)c(C)c1. The summed E-state index contributed by atoms with van der Waals surface area (Å²) in [7, 11) is 3.23. The van der Waals surface area contributed by atoms with Crippen molar-refractivity contribution in [1.29, 1.82) is 0 Å². The number of ketones is 1. The van der Waals surface area contributed by atoms with Crippen LogP contribution in [0.4, 0.5) is 0 Å². The molecular weight excluding hydrogens is 216 g/mol. The molecule has 1 aromatic rings. The number of carbonyl (C=O) groups is 1. The van der Waals surface area contributed by atoms with Crippen molar-refractivity contribution in [2.75, 3.05) is 14.2 Å². The standard InChI is InChI=1S/C14H18O3/c1-9-8-11(16-2)6-7-12(9)13(15)14(17-3)10-4-5-10/h6-8,10,14H,4-5H2,1-3H3. The van der Waals surface area contributed by atoms with Gasteiger partial charge in [0.1, 0.15) is 11.9 Å². The first-order valence-corrected chi connectivity index (χ1v) is 5.89. The van der Waals surface area contributed by atoms with E-state index in [0.29, 0.717) is 5.92 Å². The fraction of sp³-hybridized carbons (Fsp3) is 0.500. The molecule has 0 radical (unpaired) electrons. The van der Waals surface area contributed by atoms with E-state index in [9.17, 15) is 4.79 Å². The Morgan fingerprint density at radius 2 is 2.06 bits per heavy atom. The van der Waals surface area contributed by atoms with Crippen LogP contribution in [0.15, 0.2) is 18.2 Å². The highest BCUT2D eigenvalue weighted by atomic mass is 16.5. The minimum Gasteiger partial charge on any atom is -0.497 e. The first-order chi connectivity index (χ1) is 8.17. The average Bonchev–Trinajstić information content (AvgIpc) is 3.14. The highest BCUT2D eigenvalue weighted by Crippen LogP contribution is 2.36. The van der Waals surface area contributed by atoms with Gasteiger partial charge in [0, 0.05) is 12.7 Å². The second-order valence-corrected chi connectivity index (χ2v) is 4.54. The monoisotopic (exact) mass is 234 g/mol. The van der Waals surface area contributed by atoms with Gasteiger partial charge in [-0.1, -0.05) is 0 Å². The predicted molar refractivity (Wildman–Crippen MR) is 65.6 cm³/mol. The summed E-state index contributed by atoms with van der Waals surface area (Å²) in [5.41, 5.74) is 1.68. The van der Waals surface area contributed by atoms with Crippen LogP contribution in [0.3, 0.4) is 0 Å². The topological polar surface area (TPSA) is 35.5 Å². The molecule has 3 heteroatoms. The third-order valence-corrected chi connectivity index (χ3v) is 3.26. The van der Waals surface area contributed by atoms with E-state index >= 15 is 0 Å². The van der Waals surface area contributed by atoms with Gasteiger partial charge in [0.25, 0.3) is 0 Å². The zero-order valence-electron chi connectivity index (χ0n) is 10.5. The lowest BCUT2D eigenvalue weighted by atomic mass is 9.98. The van der Waals surface area contributed by atoms with Gasteiger partial charge in [-0.25, -0.2) is 0 Å². The average molecular weight is 234 g/mol. The number of methoxy groups -OCH3 is 2. The molecule has 1 aliphatic rings. The number of benzene rings is 1. The summed E-state index contributed by atoms with van der Waals surface area (Å²) >= 11 is 0. The van der Waals surface area contributed by atoms with Crippen molar-refractivity contribution in [2.45, 2.75) is 25.9 Å². The van der Waals surface area contributed by atoms with Gasteiger partial charge in [-0.05, 0) is 49.4 Å². The van der Waals surface area contributed by atoms with Crippen LogP contribution < -0.4 is 4.74 Å². The van der Waals surface area contributed by atoms with Crippen molar-refractivity contribution < 1.29 is 14.3 Å². The molecule has 1 aromatic carbocycles. The fourth-order valence-electron chi connectivity index (χ4n) is 2.11. The first-order valence-electron chi connectivity index (χ1n) is 5.89. The molecule has 1 saturated carbocycles. The number of aryl methyl sites for hydroxylation is 1. The number of ether oxygens (including phenoxy) is 2. The molecule has 0 aromatic heterocycles. The number of hydrogen-bond acceptors (Lipinski definition) is 3. The number of hydrogen-bond donors (Lipinski definition) is 0. The molecule has 0 amide bonds. The van der Waals surface area contributed by atoms with Crippen molar-refractivity contribution >= 4 is 5.78 Å². The Bertz CT molecular complexity index is 421. The van der Waals surface area contributed by atoms with Crippen molar-refractivity contribution in [3.8, 4) is 5.75 Å². The molecule has 0 N–H and O–H groups in total. The van der Waals surface area contributed by atoms with Crippen LogP contribution in [0, 0.1) is 12.8 Å². The molecule has 0 spiro atoms. The largest absolute Gasteiger partial charge is 0.497 e. The van der Waals surface area contributed by atoms with E-state index in [1.165, 1.54) is 0 Å².